The fourth-order valence-electron chi connectivity index (χ4n) is 3.02. The van der Waals surface area contributed by atoms with Gasteiger partial charge in [0.2, 0.25) is 0 Å². The SMILES string of the molecule is O=C(O)c1cnc(Cl)c2c1C1CCC2C1. The van der Waals surface area contributed by atoms with E-state index >= 15 is 0 Å². The van der Waals surface area contributed by atoms with Crippen molar-refractivity contribution in [3.05, 3.63) is 28.0 Å². The van der Waals surface area contributed by atoms with Gasteiger partial charge in [-0.3, -0.25) is 0 Å². The van der Waals surface area contributed by atoms with Crippen LogP contribution < -0.4 is 0 Å². The highest BCUT2D eigenvalue weighted by Crippen LogP contribution is 2.55. The first-order valence-electron chi connectivity index (χ1n) is 5.10. The molecule has 1 fully saturated rings. The van der Waals surface area contributed by atoms with Crippen molar-refractivity contribution in [2.24, 2.45) is 0 Å². The number of aromatic nitrogens is 1. The van der Waals surface area contributed by atoms with Crippen LogP contribution in [0.15, 0.2) is 6.20 Å². The lowest BCUT2D eigenvalue weighted by Gasteiger charge is -2.17. The minimum atomic E-state index is -0.886. The summed E-state index contributed by atoms with van der Waals surface area (Å²) in [5.41, 5.74) is 2.31. The van der Waals surface area contributed by atoms with Crippen molar-refractivity contribution in [3.8, 4) is 0 Å². The molecule has 78 valence electrons. The van der Waals surface area contributed by atoms with Crippen LogP contribution in [0.5, 0.6) is 0 Å². The molecule has 4 heteroatoms. The number of halogens is 1. The summed E-state index contributed by atoms with van der Waals surface area (Å²) < 4.78 is 0. The molecule has 1 N–H and O–H groups in total. The van der Waals surface area contributed by atoms with Crippen molar-refractivity contribution in [2.75, 3.05) is 0 Å². The van der Waals surface area contributed by atoms with Crippen LogP contribution in [0.4, 0.5) is 0 Å². The molecular formula is C11H10ClNO2. The molecule has 1 aromatic heterocycles. The van der Waals surface area contributed by atoms with Gasteiger partial charge in [0.1, 0.15) is 5.15 Å². The summed E-state index contributed by atoms with van der Waals surface area (Å²) >= 11 is 6.04. The highest BCUT2D eigenvalue weighted by atomic mass is 35.5. The summed E-state index contributed by atoms with van der Waals surface area (Å²) in [4.78, 5) is 15.0. The highest BCUT2D eigenvalue weighted by Gasteiger charge is 2.41. The van der Waals surface area contributed by atoms with Crippen LogP contribution >= 0.6 is 11.6 Å². The molecule has 15 heavy (non-hydrogen) atoms. The van der Waals surface area contributed by atoms with Crippen LogP contribution in [0, 0.1) is 0 Å². The normalized spacial score (nSPS) is 26.7. The Balaban J connectivity index is 2.27. The lowest BCUT2D eigenvalue weighted by atomic mass is 9.90. The summed E-state index contributed by atoms with van der Waals surface area (Å²) in [6.07, 6.45) is 4.67. The van der Waals surface area contributed by atoms with Crippen LogP contribution in [0.25, 0.3) is 0 Å². The third kappa shape index (κ3) is 1.13. The van der Waals surface area contributed by atoms with Gasteiger partial charge in [0, 0.05) is 6.20 Å². The average molecular weight is 224 g/mol. The van der Waals surface area contributed by atoms with E-state index in [4.69, 9.17) is 16.7 Å². The molecule has 0 saturated heterocycles. The molecule has 1 aromatic rings. The minimum absolute atomic E-state index is 0.349. The van der Waals surface area contributed by atoms with Crippen molar-refractivity contribution in [1.82, 2.24) is 4.98 Å². The Morgan fingerprint density at radius 2 is 2.07 bits per heavy atom. The number of nitrogens with zero attached hydrogens (tertiary/aromatic N) is 1. The van der Waals surface area contributed by atoms with Gasteiger partial charge >= 0.3 is 5.97 Å². The Labute approximate surface area is 92.1 Å². The van der Waals surface area contributed by atoms with E-state index in [1.807, 2.05) is 0 Å². The van der Waals surface area contributed by atoms with E-state index < -0.39 is 5.97 Å². The Kier molecular flexibility index (Phi) is 1.80. The van der Waals surface area contributed by atoms with Gasteiger partial charge in [-0.25, -0.2) is 9.78 Å². The van der Waals surface area contributed by atoms with E-state index in [0.717, 1.165) is 30.4 Å². The topological polar surface area (TPSA) is 50.2 Å². The predicted octanol–water partition coefficient (Wildman–Crippen LogP) is 2.80. The van der Waals surface area contributed by atoms with Crippen LogP contribution in [-0.4, -0.2) is 16.1 Å². The molecule has 2 aliphatic rings. The van der Waals surface area contributed by atoms with Crippen molar-refractivity contribution >= 4 is 17.6 Å². The zero-order valence-corrected chi connectivity index (χ0v) is 8.79. The highest BCUT2D eigenvalue weighted by molar-refractivity contribution is 6.30. The lowest BCUT2D eigenvalue weighted by Crippen LogP contribution is -2.09. The number of aromatic carboxylic acids is 1. The molecule has 1 saturated carbocycles. The molecular weight excluding hydrogens is 214 g/mol. The molecule has 0 amide bonds. The van der Waals surface area contributed by atoms with Crippen molar-refractivity contribution < 1.29 is 9.90 Å². The first-order valence-corrected chi connectivity index (χ1v) is 5.48. The molecule has 2 aliphatic carbocycles. The molecule has 0 aromatic carbocycles. The molecule has 3 rings (SSSR count). The van der Waals surface area contributed by atoms with Crippen LogP contribution in [-0.2, 0) is 0 Å². The van der Waals surface area contributed by atoms with Crippen LogP contribution in [0.1, 0.15) is 52.6 Å². The van der Waals surface area contributed by atoms with Gasteiger partial charge in [0.15, 0.2) is 0 Å². The molecule has 2 atom stereocenters. The predicted molar refractivity (Wildman–Crippen MR) is 55.5 cm³/mol. The molecule has 1 heterocycles. The van der Waals surface area contributed by atoms with Gasteiger partial charge in [0.25, 0.3) is 0 Å². The standard InChI is InChI=1S/C11H10ClNO2/c12-10-9-6-2-1-5(3-6)8(9)7(4-13-10)11(14)15/h4-6H,1-3H2,(H,14,15). The first-order chi connectivity index (χ1) is 7.18. The number of rotatable bonds is 1. The Morgan fingerprint density at radius 1 is 1.40 bits per heavy atom. The molecule has 2 bridgehead atoms. The Bertz CT molecular complexity index is 458. The van der Waals surface area contributed by atoms with Crippen molar-refractivity contribution in [1.29, 1.82) is 0 Å². The number of carboxylic acids is 1. The molecule has 3 nitrogen and oxygen atoms in total. The summed E-state index contributed by atoms with van der Waals surface area (Å²) in [5, 5.41) is 9.59. The fraction of sp³-hybridized carbons (Fsp3) is 0.455. The van der Waals surface area contributed by atoms with Crippen molar-refractivity contribution in [2.45, 2.75) is 31.1 Å². The second-order valence-electron chi connectivity index (χ2n) is 4.30. The van der Waals surface area contributed by atoms with E-state index in [1.165, 1.54) is 6.20 Å². The van der Waals surface area contributed by atoms with Gasteiger partial charge < -0.3 is 5.11 Å². The van der Waals surface area contributed by atoms with E-state index in [-0.39, 0.29) is 0 Å². The van der Waals surface area contributed by atoms with Gasteiger partial charge in [-0.05, 0) is 42.2 Å². The molecule has 2 unspecified atom stereocenters. The number of hydrogen-bond acceptors (Lipinski definition) is 2. The van der Waals surface area contributed by atoms with Gasteiger partial charge in [-0.2, -0.15) is 0 Å². The minimum Gasteiger partial charge on any atom is -0.478 e. The fourth-order valence-corrected chi connectivity index (χ4v) is 3.33. The number of hydrogen-bond donors (Lipinski definition) is 1. The van der Waals surface area contributed by atoms with Gasteiger partial charge in [-0.15, -0.1) is 0 Å². The summed E-state index contributed by atoms with van der Waals surface area (Å²) in [6, 6.07) is 0. The maximum atomic E-state index is 11.1. The van der Waals surface area contributed by atoms with Gasteiger partial charge in [-0.1, -0.05) is 11.6 Å². The van der Waals surface area contributed by atoms with Crippen molar-refractivity contribution in [3.63, 3.8) is 0 Å². The molecule has 0 radical (unpaired) electrons. The molecule has 0 aliphatic heterocycles. The van der Waals surface area contributed by atoms with Gasteiger partial charge in [0.05, 0.1) is 5.56 Å². The average Bonchev–Trinajstić information content (AvgIpc) is 2.78. The van der Waals surface area contributed by atoms with Crippen LogP contribution in [0.2, 0.25) is 5.15 Å². The second kappa shape index (κ2) is 2.95. The number of carbonyl (C=O) groups is 1. The van der Waals surface area contributed by atoms with Crippen LogP contribution in [0.3, 0.4) is 0 Å². The maximum Gasteiger partial charge on any atom is 0.337 e. The number of carboxylic acid groups (broad SMARTS) is 1. The Hall–Kier alpha value is -1.09. The third-order valence-electron chi connectivity index (χ3n) is 3.59. The smallest absolute Gasteiger partial charge is 0.337 e. The second-order valence-corrected chi connectivity index (χ2v) is 4.66. The third-order valence-corrected chi connectivity index (χ3v) is 3.89. The summed E-state index contributed by atoms with van der Waals surface area (Å²) in [7, 11) is 0. The summed E-state index contributed by atoms with van der Waals surface area (Å²) in [6.45, 7) is 0. The first kappa shape index (κ1) is 9.16. The zero-order chi connectivity index (χ0) is 10.6. The lowest BCUT2D eigenvalue weighted by molar-refractivity contribution is 0.0694. The van der Waals surface area contributed by atoms with E-state index in [1.54, 1.807) is 0 Å². The van der Waals surface area contributed by atoms with E-state index in [2.05, 4.69) is 4.98 Å². The van der Waals surface area contributed by atoms with E-state index in [0.29, 0.717) is 22.6 Å². The van der Waals surface area contributed by atoms with E-state index in [9.17, 15) is 4.79 Å². The number of pyridine rings is 1. The molecule has 0 spiro atoms. The summed E-state index contributed by atoms with van der Waals surface area (Å²) in [5.74, 6) is -0.0381. The maximum absolute atomic E-state index is 11.1. The quantitative estimate of drug-likeness (QED) is 0.745. The monoisotopic (exact) mass is 223 g/mol. The largest absolute Gasteiger partial charge is 0.478 e. The zero-order valence-electron chi connectivity index (χ0n) is 8.03. The number of fused-ring (bicyclic) bond motifs is 5. The Morgan fingerprint density at radius 3 is 2.73 bits per heavy atom.